The largest absolute Gasteiger partial charge is 0.481 e. The summed E-state index contributed by atoms with van der Waals surface area (Å²) in [5.41, 5.74) is 1.54. The number of carbonyl (C=O) groups is 2. The average Bonchev–Trinajstić information content (AvgIpc) is 2.70. The lowest BCUT2D eigenvalue weighted by atomic mass is 10.2. The van der Waals surface area contributed by atoms with Crippen molar-refractivity contribution in [2.75, 3.05) is 10.6 Å². The molecule has 0 saturated carbocycles. The first-order chi connectivity index (χ1) is 13.9. The number of nitrogens with one attached hydrogen (secondary N) is 2. The van der Waals surface area contributed by atoms with Gasteiger partial charge in [0.1, 0.15) is 5.75 Å². The summed E-state index contributed by atoms with van der Waals surface area (Å²) in [7, 11) is 0. The first kappa shape index (κ1) is 20.6. The molecule has 0 saturated heterocycles. The van der Waals surface area contributed by atoms with Crippen LogP contribution in [0.3, 0.4) is 0 Å². The Morgan fingerprint density at radius 3 is 2.24 bits per heavy atom. The highest BCUT2D eigenvalue weighted by molar-refractivity contribution is 6.31. The van der Waals surface area contributed by atoms with E-state index in [2.05, 4.69) is 15.6 Å². The number of hydrogen-bond acceptors (Lipinski definition) is 4. The van der Waals surface area contributed by atoms with Crippen LogP contribution in [0.25, 0.3) is 0 Å². The SMILES string of the molecule is CC(Oc1ccc(C(=O)Nc2cncc(Cl)c2)cc1)C(=O)Nc1ccc(Cl)cc1. The fourth-order valence-electron chi connectivity index (χ4n) is 2.40. The van der Waals surface area contributed by atoms with Gasteiger partial charge in [-0.2, -0.15) is 0 Å². The molecular weight excluding hydrogens is 413 g/mol. The van der Waals surface area contributed by atoms with Gasteiger partial charge in [-0.25, -0.2) is 0 Å². The molecule has 148 valence electrons. The zero-order valence-electron chi connectivity index (χ0n) is 15.4. The summed E-state index contributed by atoms with van der Waals surface area (Å²) in [5, 5.41) is 6.47. The fraction of sp³-hybridized carbons (Fsp3) is 0.0952. The minimum absolute atomic E-state index is 0.303. The molecule has 1 atom stereocenters. The van der Waals surface area contributed by atoms with Gasteiger partial charge in [0.2, 0.25) is 0 Å². The van der Waals surface area contributed by atoms with E-state index in [4.69, 9.17) is 27.9 Å². The minimum Gasteiger partial charge on any atom is -0.481 e. The molecule has 0 aliphatic heterocycles. The van der Waals surface area contributed by atoms with E-state index in [0.717, 1.165) is 0 Å². The first-order valence-electron chi connectivity index (χ1n) is 8.66. The van der Waals surface area contributed by atoms with Gasteiger partial charge in [0.25, 0.3) is 11.8 Å². The van der Waals surface area contributed by atoms with Crippen LogP contribution in [0.15, 0.2) is 67.0 Å². The predicted molar refractivity (Wildman–Crippen MR) is 114 cm³/mol. The summed E-state index contributed by atoms with van der Waals surface area (Å²) in [6.07, 6.45) is 2.25. The topological polar surface area (TPSA) is 80.3 Å². The summed E-state index contributed by atoms with van der Waals surface area (Å²) in [5.74, 6) is -0.151. The smallest absolute Gasteiger partial charge is 0.265 e. The second-order valence-corrected chi connectivity index (χ2v) is 7.00. The van der Waals surface area contributed by atoms with E-state index in [1.807, 2.05) is 0 Å². The monoisotopic (exact) mass is 429 g/mol. The van der Waals surface area contributed by atoms with Crippen LogP contribution in [0.4, 0.5) is 11.4 Å². The van der Waals surface area contributed by atoms with Crippen LogP contribution in [-0.2, 0) is 4.79 Å². The Hall–Kier alpha value is -3.09. The molecule has 0 aliphatic rings. The number of halogens is 2. The van der Waals surface area contributed by atoms with Crippen molar-refractivity contribution in [3.8, 4) is 5.75 Å². The van der Waals surface area contributed by atoms with Gasteiger partial charge in [-0.05, 0) is 61.5 Å². The van der Waals surface area contributed by atoms with Gasteiger partial charge in [-0.3, -0.25) is 14.6 Å². The van der Waals surface area contributed by atoms with Crippen molar-refractivity contribution in [2.45, 2.75) is 13.0 Å². The lowest BCUT2D eigenvalue weighted by Crippen LogP contribution is -2.30. The van der Waals surface area contributed by atoms with Gasteiger partial charge in [-0.15, -0.1) is 0 Å². The van der Waals surface area contributed by atoms with Crippen LogP contribution in [0.5, 0.6) is 5.75 Å². The summed E-state index contributed by atoms with van der Waals surface area (Å²) in [6, 6.07) is 14.8. The number of benzene rings is 2. The van der Waals surface area contributed by atoms with Gasteiger partial charge in [0.15, 0.2) is 6.10 Å². The number of aromatic nitrogens is 1. The number of rotatable bonds is 6. The number of amides is 2. The lowest BCUT2D eigenvalue weighted by Gasteiger charge is -2.15. The van der Waals surface area contributed by atoms with Crippen molar-refractivity contribution in [2.24, 2.45) is 0 Å². The Bertz CT molecular complexity index is 1010. The van der Waals surface area contributed by atoms with Crippen molar-refractivity contribution in [1.82, 2.24) is 4.98 Å². The Morgan fingerprint density at radius 1 is 0.897 bits per heavy atom. The van der Waals surface area contributed by atoms with Crippen molar-refractivity contribution in [3.63, 3.8) is 0 Å². The van der Waals surface area contributed by atoms with Crippen molar-refractivity contribution < 1.29 is 14.3 Å². The highest BCUT2D eigenvalue weighted by atomic mass is 35.5. The molecule has 0 radical (unpaired) electrons. The lowest BCUT2D eigenvalue weighted by molar-refractivity contribution is -0.122. The molecule has 2 amide bonds. The third kappa shape index (κ3) is 5.94. The summed E-state index contributed by atoms with van der Waals surface area (Å²) >= 11 is 11.7. The van der Waals surface area contributed by atoms with E-state index in [9.17, 15) is 9.59 Å². The highest BCUT2D eigenvalue weighted by Gasteiger charge is 2.15. The molecule has 2 N–H and O–H groups in total. The van der Waals surface area contributed by atoms with E-state index >= 15 is 0 Å². The van der Waals surface area contributed by atoms with Crippen LogP contribution < -0.4 is 15.4 Å². The number of carbonyl (C=O) groups excluding carboxylic acids is 2. The highest BCUT2D eigenvalue weighted by Crippen LogP contribution is 2.18. The molecule has 1 heterocycles. The van der Waals surface area contributed by atoms with Crippen LogP contribution in [-0.4, -0.2) is 22.9 Å². The molecule has 29 heavy (non-hydrogen) atoms. The number of pyridine rings is 1. The van der Waals surface area contributed by atoms with Crippen LogP contribution in [0.1, 0.15) is 17.3 Å². The maximum absolute atomic E-state index is 12.3. The standard InChI is InChI=1S/C21H17Cl2N3O3/c1-13(20(27)25-17-6-4-15(22)5-7-17)29-19-8-2-14(3-9-19)21(28)26-18-10-16(23)11-24-12-18/h2-13H,1H3,(H,25,27)(H,26,28). The van der Waals surface area contributed by atoms with Crippen LogP contribution in [0, 0.1) is 0 Å². The van der Waals surface area contributed by atoms with E-state index in [-0.39, 0.29) is 11.8 Å². The third-order valence-corrected chi connectivity index (χ3v) is 4.33. The number of nitrogens with zero attached hydrogens (tertiary/aromatic N) is 1. The molecule has 2 aromatic carbocycles. The number of anilines is 2. The van der Waals surface area contributed by atoms with Crippen molar-refractivity contribution >= 4 is 46.4 Å². The van der Waals surface area contributed by atoms with Gasteiger partial charge >= 0.3 is 0 Å². The Balaban J connectivity index is 1.57. The van der Waals surface area contributed by atoms with Crippen molar-refractivity contribution in [1.29, 1.82) is 0 Å². The number of hydrogen-bond donors (Lipinski definition) is 2. The molecule has 6 nitrogen and oxygen atoms in total. The Labute approximate surface area is 177 Å². The van der Waals surface area contributed by atoms with Gasteiger partial charge in [0.05, 0.1) is 16.9 Å². The first-order valence-corrected chi connectivity index (χ1v) is 9.41. The zero-order valence-corrected chi connectivity index (χ0v) is 16.9. The molecule has 0 spiro atoms. The molecule has 8 heteroatoms. The fourth-order valence-corrected chi connectivity index (χ4v) is 2.70. The van der Waals surface area contributed by atoms with E-state index in [0.29, 0.717) is 32.7 Å². The van der Waals surface area contributed by atoms with Crippen LogP contribution >= 0.6 is 23.2 Å². The Kier molecular flexibility index (Phi) is 6.69. The minimum atomic E-state index is -0.733. The molecule has 1 aromatic heterocycles. The number of ether oxygens (including phenoxy) is 1. The maximum atomic E-state index is 12.3. The molecule has 0 bridgehead atoms. The zero-order chi connectivity index (χ0) is 20.8. The second kappa shape index (κ2) is 9.41. The average molecular weight is 430 g/mol. The maximum Gasteiger partial charge on any atom is 0.265 e. The van der Waals surface area contributed by atoms with E-state index < -0.39 is 6.10 Å². The predicted octanol–water partition coefficient (Wildman–Crippen LogP) is 5.05. The molecule has 0 aliphatic carbocycles. The van der Waals surface area contributed by atoms with E-state index in [1.54, 1.807) is 61.5 Å². The summed E-state index contributed by atoms with van der Waals surface area (Å²) in [6.45, 7) is 1.64. The molecule has 1 unspecified atom stereocenters. The molecular formula is C21H17Cl2N3O3. The normalized spacial score (nSPS) is 11.4. The Morgan fingerprint density at radius 2 is 1.59 bits per heavy atom. The molecule has 0 fully saturated rings. The van der Waals surface area contributed by atoms with Crippen LogP contribution in [0.2, 0.25) is 10.0 Å². The summed E-state index contributed by atoms with van der Waals surface area (Å²) in [4.78, 5) is 28.5. The van der Waals surface area contributed by atoms with Gasteiger partial charge in [0, 0.05) is 22.5 Å². The van der Waals surface area contributed by atoms with Gasteiger partial charge in [-0.1, -0.05) is 23.2 Å². The van der Waals surface area contributed by atoms with E-state index in [1.165, 1.54) is 12.4 Å². The van der Waals surface area contributed by atoms with Gasteiger partial charge < -0.3 is 15.4 Å². The summed E-state index contributed by atoms with van der Waals surface area (Å²) < 4.78 is 5.64. The second-order valence-electron chi connectivity index (χ2n) is 6.13. The van der Waals surface area contributed by atoms with Crippen molar-refractivity contribution in [3.05, 3.63) is 82.6 Å². The molecule has 3 rings (SSSR count). The third-order valence-electron chi connectivity index (χ3n) is 3.87. The quantitative estimate of drug-likeness (QED) is 0.574. The molecule has 3 aromatic rings.